The van der Waals surface area contributed by atoms with Gasteiger partial charge in [-0.05, 0) is 13.1 Å². The van der Waals surface area contributed by atoms with Gasteiger partial charge in [-0.2, -0.15) is 5.10 Å². The molecule has 1 aliphatic heterocycles. The summed E-state index contributed by atoms with van der Waals surface area (Å²) in [5.41, 5.74) is 2.38. The summed E-state index contributed by atoms with van der Waals surface area (Å²) in [7, 11) is 2.08. The van der Waals surface area contributed by atoms with E-state index < -0.39 is 4.92 Å². The van der Waals surface area contributed by atoms with Crippen LogP contribution in [-0.2, 0) is 4.79 Å². The molecule has 1 saturated heterocycles. The number of hydrogen-bond acceptors (Lipinski definition) is 7. The lowest BCUT2D eigenvalue weighted by atomic mass is 10.3. The molecule has 0 aliphatic carbocycles. The Kier molecular flexibility index (Phi) is 7.32. The Morgan fingerprint density at radius 3 is 2.74 bits per heavy atom. The zero-order valence-corrected chi connectivity index (χ0v) is 12.9. The first-order chi connectivity index (χ1) is 10.5. The van der Waals surface area contributed by atoms with Crippen LogP contribution in [0.2, 0.25) is 0 Å². The Labute approximate surface area is 133 Å². The third-order valence-corrected chi connectivity index (χ3v) is 3.42. The number of carbonyl (C=O) groups excluding carboxylic acids is 1. The minimum atomic E-state index is -0.633. The fraction of sp³-hybridized carbons (Fsp3) is 0.538. The average Bonchev–Trinajstić information content (AvgIpc) is 2.96. The van der Waals surface area contributed by atoms with Crippen LogP contribution in [0.1, 0.15) is 12.2 Å². The quantitative estimate of drug-likeness (QED) is 0.423. The Morgan fingerprint density at radius 1 is 1.43 bits per heavy atom. The van der Waals surface area contributed by atoms with E-state index in [9.17, 15) is 14.9 Å². The topological polar surface area (TPSA) is 136 Å². The van der Waals surface area contributed by atoms with Crippen molar-refractivity contribution in [2.24, 2.45) is 5.10 Å². The molecule has 0 atom stereocenters. The molecule has 0 unspecified atom stereocenters. The maximum Gasteiger partial charge on any atom is 0.433 e. The molecule has 0 saturated carbocycles. The van der Waals surface area contributed by atoms with Gasteiger partial charge in [-0.25, -0.2) is 5.43 Å². The van der Waals surface area contributed by atoms with Crippen molar-refractivity contribution in [3.8, 4) is 0 Å². The van der Waals surface area contributed by atoms with Crippen LogP contribution >= 0.6 is 0 Å². The van der Waals surface area contributed by atoms with Crippen LogP contribution < -0.4 is 5.43 Å². The Balaban J connectivity index is 0.00000264. The van der Waals surface area contributed by atoms with Gasteiger partial charge in [0.1, 0.15) is 4.92 Å². The van der Waals surface area contributed by atoms with E-state index >= 15 is 0 Å². The third kappa shape index (κ3) is 6.14. The molecule has 0 aromatic carbocycles. The molecular weight excluding hydrogens is 306 g/mol. The number of hydrazone groups is 1. The van der Waals surface area contributed by atoms with Crippen molar-refractivity contribution in [3.05, 3.63) is 28.0 Å². The van der Waals surface area contributed by atoms with Gasteiger partial charge in [-0.15, -0.1) is 0 Å². The van der Waals surface area contributed by atoms with Crippen LogP contribution in [0.4, 0.5) is 5.88 Å². The van der Waals surface area contributed by atoms with E-state index in [1.807, 2.05) is 0 Å². The van der Waals surface area contributed by atoms with Crippen LogP contribution in [0, 0.1) is 10.1 Å². The van der Waals surface area contributed by atoms with Crippen molar-refractivity contribution < 1.29 is 19.6 Å². The second-order valence-electron chi connectivity index (χ2n) is 5.12. The lowest BCUT2D eigenvalue weighted by molar-refractivity contribution is -0.402. The molecule has 1 aromatic rings. The zero-order valence-electron chi connectivity index (χ0n) is 12.9. The number of rotatable bonds is 6. The minimum absolute atomic E-state index is 0. The molecule has 10 nitrogen and oxygen atoms in total. The standard InChI is InChI=1S/C13H19N5O4.H2O/c1-16-6-8-17(9-7-16)5-4-12(19)15-14-10-11-2-3-13(22-11)18(20)21;/h2-3,10H,4-9H2,1H3,(H,15,19);1H2/b14-10+;. The normalized spacial score (nSPS) is 16.2. The Hall–Kier alpha value is -2.30. The van der Waals surface area contributed by atoms with E-state index in [1.165, 1.54) is 18.3 Å². The SMILES string of the molecule is CN1CCN(CCC(=O)N/N=C/c2ccc([N+](=O)[O-])o2)CC1.O. The van der Waals surface area contributed by atoms with E-state index in [4.69, 9.17) is 4.42 Å². The van der Waals surface area contributed by atoms with Gasteiger partial charge in [0, 0.05) is 39.1 Å². The van der Waals surface area contributed by atoms with E-state index in [1.54, 1.807) is 0 Å². The molecule has 3 N–H and O–H groups in total. The lowest BCUT2D eigenvalue weighted by Gasteiger charge is -2.32. The predicted molar refractivity (Wildman–Crippen MR) is 83.3 cm³/mol. The molecule has 1 fully saturated rings. The van der Waals surface area contributed by atoms with Crippen molar-refractivity contribution in [2.75, 3.05) is 39.8 Å². The second-order valence-corrected chi connectivity index (χ2v) is 5.12. The first kappa shape index (κ1) is 18.7. The summed E-state index contributed by atoms with van der Waals surface area (Å²) >= 11 is 0. The largest absolute Gasteiger partial charge is 0.433 e. The summed E-state index contributed by atoms with van der Waals surface area (Å²) in [6.07, 6.45) is 1.60. The number of likely N-dealkylation sites (N-methyl/N-ethyl adjacent to an activating group) is 1. The van der Waals surface area contributed by atoms with Gasteiger partial charge in [0.25, 0.3) is 0 Å². The van der Waals surface area contributed by atoms with Crippen molar-refractivity contribution in [1.29, 1.82) is 0 Å². The summed E-state index contributed by atoms with van der Waals surface area (Å²) in [5, 5.41) is 14.2. The molecule has 128 valence electrons. The number of nitrogens with zero attached hydrogens (tertiary/aromatic N) is 4. The maximum atomic E-state index is 11.7. The van der Waals surface area contributed by atoms with Crippen molar-refractivity contribution in [1.82, 2.24) is 15.2 Å². The van der Waals surface area contributed by atoms with E-state index in [2.05, 4.69) is 27.4 Å². The predicted octanol–water partition coefficient (Wildman–Crippen LogP) is -0.549. The zero-order chi connectivity index (χ0) is 15.9. The monoisotopic (exact) mass is 327 g/mol. The van der Waals surface area contributed by atoms with Gasteiger partial charge in [0.05, 0.1) is 12.3 Å². The first-order valence-corrected chi connectivity index (χ1v) is 7.01. The number of furan rings is 1. The summed E-state index contributed by atoms with van der Waals surface area (Å²) in [6, 6.07) is 2.65. The molecular formula is C13H21N5O5. The first-order valence-electron chi connectivity index (χ1n) is 7.01. The maximum absolute atomic E-state index is 11.7. The number of carbonyl (C=O) groups is 1. The molecule has 2 heterocycles. The highest BCUT2D eigenvalue weighted by atomic mass is 16.6. The van der Waals surface area contributed by atoms with Crippen LogP contribution in [0.25, 0.3) is 0 Å². The number of nitrogens with one attached hydrogen (secondary N) is 1. The van der Waals surface area contributed by atoms with Gasteiger partial charge in [-0.3, -0.25) is 14.9 Å². The number of piperazine rings is 1. The molecule has 0 bridgehead atoms. The molecule has 10 heteroatoms. The fourth-order valence-electron chi connectivity index (χ4n) is 2.06. The molecule has 1 aromatic heterocycles. The molecule has 1 amide bonds. The highest BCUT2D eigenvalue weighted by molar-refractivity contribution is 5.80. The Morgan fingerprint density at radius 2 is 2.13 bits per heavy atom. The van der Waals surface area contributed by atoms with Gasteiger partial charge < -0.3 is 19.7 Å². The average molecular weight is 327 g/mol. The van der Waals surface area contributed by atoms with Gasteiger partial charge in [0.15, 0.2) is 5.76 Å². The molecule has 23 heavy (non-hydrogen) atoms. The van der Waals surface area contributed by atoms with Crippen LogP contribution in [-0.4, -0.2) is 72.1 Å². The highest BCUT2D eigenvalue weighted by Crippen LogP contribution is 2.13. The highest BCUT2D eigenvalue weighted by Gasteiger charge is 2.14. The van der Waals surface area contributed by atoms with Gasteiger partial charge in [-0.1, -0.05) is 0 Å². The van der Waals surface area contributed by atoms with Crippen LogP contribution in [0.5, 0.6) is 0 Å². The van der Waals surface area contributed by atoms with Crippen LogP contribution in [0.15, 0.2) is 21.7 Å². The smallest absolute Gasteiger partial charge is 0.412 e. The number of amides is 1. The lowest BCUT2D eigenvalue weighted by Crippen LogP contribution is -2.45. The molecule has 0 radical (unpaired) electrons. The van der Waals surface area contributed by atoms with E-state index in [-0.39, 0.29) is 23.0 Å². The number of hydrogen-bond donors (Lipinski definition) is 1. The molecule has 1 aliphatic rings. The summed E-state index contributed by atoms with van der Waals surface area (Å²) < 4.78 is 4.88. The van der Waals surface area contributed by atoms with Gasteiger partial charge in [0.2, 0.25) is 5.91 Å². The summed E-state index contributed by atoms with van der Waals surface area (Å²) in [6.45, 7) is 4.64. The second kappa shape index (κ2) is 8.98. The third-order valence-electron chi connectivity index (χ3n) is 3.42. The van der Waals surface area contributed by atoms with Gasteiger partial charge >= 0.3 is 5.88 Å². The molecule has 0 spiro atoms. The minimum Gasteiger partial charge on any atom is -0.412 e. The van der Waals surface area contributed by atoms with Crippen molar-refractivity contribution >= 4 is 18.0 Å². The fourth-order valence-corrected chi connectivity index (χ4v) is 2.06. The van der Waals surface area contributed by atoms with E-state index in [0.717, 1.165) is 26.2 Å². The van der Waals surface area contributed by atoms with Crippen LogP contribution in [0.3, 0.4) is 0 Å². The summed E-state index contributed by atoms with van der Waals surface area (Å²) in [4.78, 5) is 26.0. The van der Waals surface area contributed by atoms with Crippen molar-refractivity contribution in [3.63, 3.8) is 0 Å². The van der Waals surface area contributed by atoms with Crippen molar-refractivity contribution in [2.45, 2.75) is 6.42 Å². The Bertz CT molecular complexity index is 551. The van der Waals surface area contributed by atoms with E-state index in [0.29, 0.717) is 13.0 Å². The summed E-state index contributed by atoms with van der Waals surface area (Å²) in [5.74, 6) is -0.342. The molecule has 2 rings (SSSR count). The number of nitro groups is 1.